The van der Waals surface area contributed by atoms with Crippen LogP contribution in [-0.2, 0) is 9.47 Å². The Morgan fingerprint density at radius 1 is 1.09 bits per heavy atom. The van der Waals surface area contributed by atoms with Gasteiger partial charge in [-0.3, -0.25) is 0 Å². The van der Waals surface area contributed by atoms with E-state index < -0.39 is 5.60 Å². The monoisotopic (exact) mass is 460 g/mol. The molecule has 5 rings (SSSR count). The summed E-state index contributed by atoms with van der Waals surface area (Å²) in [6.45, 7) is 10.3. The van der Waals surface area contributed by atoms with E-state index in [4.69, 9.17) is 9.47 Å². The largest absolute Gasteiger partial charge is 0.444 e. The Kier molecular flexibility index (Phi) is 6.04. The summed E-state index contributed by atoms with van der Waals surface area (Å²) in [7, 11) is 0. The Bertz CT molecular complexity index is 1200. The van der Waals surface area contributed by atoms with E-state index in [0.29, 0.717) is 13.1 Å². The van der Waals surface area contributed by atoms with Gasteiger partial charge < -0.3 is 24.3 Å². The third-order valence-corrected chi connectivity index (χ3v) is 6.31. The minimum absolute atomic E-state index is 0.258. The van der Waals surface area contributed by atoms with Crippen LogP contribution in [-0.4, -0.2) is 66.0 Å². The number of benzene rings is 1. The number of hydrogen-bond acceptors (Lipinski definition) is 5. The number of ether oxygens (including phenoxy) is 2. The van der Waals surface area contributed by atoms with Crippen molar-refractivity contribution in [3.05, 3.63) is 54.4 Å². The van der Waals surface area contributed by atoms with Gasteiger partial charge in [-0.2, -0.15) is 0 Å². The summed E-state index contributed by atoms with van der Waals surface area (Å²) in [5.74, 6) is 0. The van der Waals surface area contributed by atoms with Crippen molar-refractivity contribution in [2.45, 2.75) is 32.8 Å². The lowest BCUT2D eigenvalue weighted by Crippen LogP contribution is -2.39. The van der Waals surface area contributed by atoms with Crippen LogP contribution in [0.15, 0.2) is 48.8 Å². The molecule has 7 heteroatoms. The normalized spacial score (nSPS) is 17.1. The molecule has 178 valence electrons. The van der Waals surface area contributed by atoms with E-state index >= 15 is 0 Å². The number of nitrogens with zero attached hydrogens (tertiary/aromatic N) is 3. The van der Waals surface area contributed by atoms with E-state index in [1.54, 1.807) is 4.90 Å². The Labute approximate surface area is 200 Å². The van der Waals surface area contributed by atoms with Crippen LogP contribution in [0, 0.1) is 0 Å². The van der Waals surface area contributed by atoms with Crippen LogP contribution in [0.25, 0.3) is 27.7 Å². The Morgan fingerprint density at radius 2 is 1.85 bits per heavy atom. The maximum atomic E-state index is 12.4. The average Bonchev–Trinajstić information content (AvgIpc) is 3.27. The molecule has 0 spiro atoms. The van der Waals surface area contributed by atoms with Crippen LogP contribution < -0.4 is 4.90 Å². The summed E-state index contributed by atoms with van der Waals surface area (Å²) in [6, 6.07) is 10.9. The second kappa shape index (κ2) is 9.14. The standard InChI is InChI=1S/C27H32N4O3/c1-27(2,3)34-26(32)31-10-8-20(9-11-31)24-18-29-25-23(24)16-21(17-28-25)19-4-6-22(7-5-19)30-12-14-33-15-13-30/h4-8,16-18H,9-15H2,1-3H3,(H,28,29). The van der Waals surface area contributed by atoms with Crippen molar-refractivity contribution in [3.8, 4) is 11.1 Å². The summed E-state index contributed by atoms with van der Waals surface area (Å²) >= 11 is 0. The van der Waals surface area contributed by atoms with Gasteiger partial charge in [0, 0.05) is 60.8 Å². The molecular weight excluding hydrogens is 428 g/mol. The lowest BCUT2D eigenvalue weighted by Gasteiger charge is -2.29. The fourth-order valence-electron chi connectivity index (χ4n) is 4.52. The van der Waals surface area contributed by atoms with E-state index in [-0.39, 0.29) is 6.09 Å². The molecule has 1 fully saturated rings. The third kappa shape index (κ3) is 4.80. The number of amides is 1. The van der Waals surface area contributed by atoms with Crippen LogP contribution in [0.1, 0.15) is 32.8 Å². The molecule has 2 aliphatic rings. The predicted molar refractivity (Wildman–Crippen MR) is 135 cm³/mol. The van der Waals surface area contributed by atoms with Crippen molar-refractivity contribution in [2.75, 3.05) is 44.3 Å². The summed E-state index contributed by atoms with van der Waals surface area (Å²) in [5.41, 5.74) is 6.23. The number of aromatic amines is 1. The highest BCUT2D eigenvalue weighted by Crippen LogP contribution is 2.32. The van der Waals surface area contributed by atoms with Crippen molar-refractivity contribution in [1.29, 1.82) is 0 Å². The maximum absolute atomic E-state index is 12.4. The molecule has 34 heavy (non-hydrogen) atoms. The fourth-order valence-corrected chi connectivity index (χ4v) is 4.52. The highest BCUT2D eigenvalue weighted by Gasteiger charge is 2.24. The minimum Gasteiger partial charge on any atom is -0.444 e. The van der Waals surface area contributed by atoms with Crippen molar-refractivity contribution in [3.63, 3.8) is 0 Å². The van der Waals surface area contributed by atoms with E-state index in [9.17, 15) is 4.79 Å². The minimum atomic E-state index is -0.486. The molecule has 0 unspecified atom stereocenters. The topological polar surface area (TPSA) is 70.7 Å². The van der Waals surface area contributed by atoms with Crippen molar-refractivity contribution >= 4 is 28.4 Å². The predicted octanol–water partition coefficient (Wildman–Crippen LogP) is 5.09. The molecule has 2 aliphatic heterocycles. The Balaban J connectivity index is 1.35. The van der Waals surface area contributed by atoms with E-state index in [2.05, 4.69) is 51.3 Å². The number of carbonyl (C=O) groups is 1. The molecule has 4 heterocycles. The van der Waals surface area contributed by atoms with E-state index in [1.807, 2.05) is 33.2 Å². The quantitative estimate of drug-likeness (QED) is 0.590. The molecular formula is C27H32N4O3. The molecule has 0 saturated carbocycles. The lowest BCUT2D eigenvalue weighted by atomic mass is 9.98. The molecule has 1 N–H and O–H groups in total. The zero-order chi connectivity index (χ0) is 23.7. The van der Waals surface area contributed by atoms with Gasteiger partial charge in [0.2, 0.25) is 0 Å². The van der Waals surface area contributed by atoms with Gasteiger partial charge in [0.15, 0.2) is 0 Å². The van der Waals surface area contributed by atoms with Gasteiger partial charge in [-0.05, 0) is 56.5 Å². The molecule has 0 atom stereocenters. The van der Waals surface area contributed by atoms with Crippen LogP contribution in [0.5, 0.6) is 0 Å². The first-order chi connectivity index (χ1) is 16.4. The molecule has 0 bridgehead atoms. The number of morpholine rings is 1. The Hall–Kier alpha value is -3.32. The summed E-state index contributed by atoms with van der Waals surface area (Å²) < 4.78 is 11.0. The Morgan fingerprint density at radius 3 is 2.53 bits per heavy atom. The number of carbonyl (C=O) groups excluding carboxylic acids is 1. The number of fused-ring (bicyclic) bond motifs is 1. The van der Waals surface area contributed by atoms with Gasteiger partial charge >= 0.3 is 6.09 Å². The smallest absolute Gasteiger partial charge is 0.410 e. The third-order valence-electron chi connectivity index (χ3n) is 6.31. The van der Waals surface area contributed by atoms with Crippen LogP contribution >= 0.6 is 0 Å². The van der Waals surface area contributed by atoms with Crippen LogP contribution in [0.4, 0.5) is 10.5 Å². The van der Waals surface area contributed by atoms with Crippen LogP contribution in [0.3, 0.4) is 0 Å². The van der Waals surface area contributed by atoms with E-state index in [0.717, 1.165) is 60.4 Å². The van der Waals surface area contributed by atoms with Crippen molar-refractivity contribution < 1.29 is 14.3 Å². The first kappa shape index (κ1) is 22.5. The zero-order valence-corrected chi connectivity index (χ0v) is 20.1. The van der Waals surface area contributed by atoms with Gasteiger partial charge in [-0.15, -0.1) is 0 Å². The highest BCUT2D eigenvalue weighted by molar-refractivity contribution is 5.93. The number of rotatable bonds is 3. The fraction of sp³-hybridized carbons (Fsp3) is 0.407. The van der Waals surface area contributed by atoms with Gasteiger partial charge in [-0.25, -0.2) is 9.78 Å². The first-order valence-corrected chi connectivity index (χ1v) is 11.9. The summed E-state index contributed by atoms with van der Waals surface area (Å²) in [5, 5.41) is 1.10. The summed E-state index contributed by atoms with van der Waals surface area (Å²) in [4.78, 5) is 24.5. The number of hydrogen-bond donors (Lipinski definition) is 1. The van der Waals surface area contributed by atoms with Crippen molar-refractivity contribution in [1.82, 2.24) is 14.9 Å². The van der Waals surface area contributed by atoms with E-state index in [1.165, 1.54) is 11.3 Å². The van der Waals surface area contributed by atoms with Crippen LogP contribution in [0.2, 0.25) is 0 Å². The number of nitrogens with one attached hydrogen (secondary N) is 1. The molecule has 7 nitrogen and oxygen atoms in total. The molecule has 1 amide bonds. The molecule has 1 aromatic carbocycles. The second-order valence-corrected chi connectivity index (χ2v) is 9.87. The highest BCUT2D eigenvalue weighted by atomic mass is 16.6. The number of H-pyrrole nitrogens is 1. The zero-order valence-electron chi connectivity index (χ0n) is 20.1. The van der Waals surface area contributed by atoms with Gasteiger partial charge in [0.1, 0.15) is 11.2 Å². The number of aromatic nitrogens is 2. The number of pyridine rings is 1. The first-order valence-electron chi connectivity index (χ1n) is 11.9. The van der Waals surface area contributed by atoms with Crippen molar-refractivity contribution in [2.24, 2.45) is 0 Å². The summed E-state index contributed by atoms with van der Waals surface area (Å²) in [6.07, 6.45) is 6.60. The molecule has 1 saturated heterocycles. The van der Waals surface area contributed by atoms with Gasteiger partial charge in [0.05, 0.1) is 13.2 Å². The lowest BCUT2D eigenvalue weighted by molar-refractivity contribution is 0.0270. The number of anilines is 1. The molecule has 2 aromatic heterocycles. The average molecular weight is 461 g/mol. The molecule has 3 aromatic rings. The maximum Gasteiger partial charge on any atom is 0.410 e. The van der Waals surface area contributed by atoms with Gasteiger partial charge in [-0.1, -0.05) is 18.2 Å². The SMILES string of the molecule is CC(C)(C)OC(=O)N1CC=C(c2c[nH]c3ncc(-c4ccc(N5CCOCC5)cc4)cc23)CC1. The second-order valence-electron chi connectivity index (χ2n) is 9.87. The molecule has 0 radical (unpaired) electrons. The van der Waals surface area contributed by atoms with Gasteiger partial charge in [0.25, 0.3) is 0 Å². The molecule has 0 aliphatic carbocycles.